The highest BCUT2D eigenvalue weighted by atomic mass is 79.9. The highest BCUT2D eigenvalue weighted by Gasteiger charge is 2.49. The van der Waals surface area contributed by atoms with Crippen LogP contribution in [-0.2, 0) is 0 Å². The van der Waals surface area contributed by atoms with Gasteiger partial charge in [-0.05, 0) is 28.1 Å². The molecule has 2 rings (SSSR count). The molecule has 8 heteroatoms. The van der Waals surface area contributed by atoms with Crippen molar-refractivity contribution in [2.45, 2.75) is 18.8 Å². The first-order valence-electron chi connectivity index (χ1n) is 5.64. The van der Waals surface area contributed by atoms with Gasteiger partial charge in [0.05, 0.1) is 13.2 Å². The number of fused-ring (bicyclic) bond motifs is 1. The molecule has 1 aromatic rings. The number of carbonyl (C=O) groups is 1. The van der Waals surface area contributed by atoms with Crippen LogP contribution in [0.25, 0.3) is 0 Å². The summed E-state index contributed by atoms with van der Waals surface area (Å²) in [6.45, 7) is 0.660. The molecule has 1 aliphatic rings. The zero-order valence-corrected chi connectivity index (χ0v) is 11.6. The maximum atomic E-state index is 13.1. The van der Waals surface area contributed by atoms with Crippen molar-refractivity contribution in [2.24, 2.45) is 0 Å². The lowest BCUT2D eigenvalue weighted by Gasteiger charge is -2.16. The number of carbonyl (C=O) groups excluding carboxylic acids is 1. The van der Waals surface area contributed by atoms with Crippen molar-refractivity contribution < 1.29 is 31.8 Å². The monoisotopic (exact) mass is 356 g/mol. The third-order valence-corrected chi connectivity index (χ3v) is 3.31. The summed E-state index contributed by atoms with van der Waals surface area (Å²) in [5.74, 6) is -6.36. The van der Waals surface area contributed by atoms with Crippen LogP contribution < -0.4 is 9.47 Å². The van der Waals surface area contributed by atoms with Gasteiger partial charge in [-0.25, -0.2) is 8.78 Å². The Morgan fingerprint density at radius 1 is 1.20 bits per heavy atom. The maximum absolute atomic E-state index is 13.1. The Bertz CT molecular complexity index is 534. The van der Waals surface area contributed by atoms with Crippen molar-refractivity contribution in [1.29, 1.82) is 0 Å². The summed E-state index contributed by atoms with van der Waals surface area (Å²) < 4.78 is 61.2. The van der Waals surface area contributed by atoms with Gasteiger partial charge in [-0.3, -0.25) is 4.79 Å². The molecule has 0 spiro atoms. The van der Waals surface area contributed by atoms with Crippen molar-refractivity contribution in [2.75, 3.05) is 13.2 Å². The molecule has 3 nitrogen and oxygen atoms in total. The molecular formula is C12H9BrF4O3. The van der Waals surface area contributed by atoms with Crippen LogP contribution in [0.2, 0.25) is 0 Å². The van der Waals surface area contributed by atoms with E-state index in [1.54, 1.807) is 0 Å². The fourth-order valence-corrected chi connectivity index (χ4v) is 2.14. The van der Waals surface area contributed by atoms with Crippen molar-refractivity contribution in [1.82, 2.24) is 0 Å². The average molecular weight is 357 g/mol. The molecule has 0 saturated carbocycles. The van der Waals surface area contributed by atoms with Gasteiger partial charge >= 0.3 is 12.3 Å². The molecule has 110 valence electrons. The Morgan fingerprint density at radius 3 is 2.30 bits per heavy atom. The van der Waals surface area contributed by atoms with Gasteiger partial charge in [0.15, 0.2) is 11.5 Å². The number of benzene rings is 1. The van der Waals surface area contributed by atoms with E-state index in [9.17, 15) is 22.4 Å². The molecule has 0 atom stereocenters. The highest BCUT2D eigenvalue weighted by molar-refractivity contribution is 9.10. The zero-order valence-electron chi connectivity index (χ0n) is 9.97. The molecule has 0 radical (unpaired) electrons. The number of halogens is 5. The minimum atomic E-state index is -4.75. The predicted octanol–water partition coefficient (Wildman–Crippen LogP) is 3.69. The van der Waals surface area contributed by atoms with Crippen molar-refractivity contribution in [3.05, 3.63) is 22.2 Å². The first-order valence-corrected chi connectivity index (χ1v) is 6.43. The fraction of sp³-hybridized carbons (Fsp3) is 0.417. The summed E-state index contributed by atoms with van der Waals surface area (Å²) in [5.41, 5.74) is -0.570. The van der Waals surface area contributed by atoms with Crippen LogP contribution in [0.5, 0.6) is 11.5 Å². The third kappa shape index (κ3) is 2.74. The van der Waals surface area contributed by atoms with E-state index in [1.165, 1.54) is 6.07 Å². The zero-order chi connectivity index (χ0) is 14.9. The fourth-order valence-electron chi connectivity index (χ4n) is 1.64. The quantitative estimate of drug-likeness (QED) is 0.612. The molecule has 20 heavy (non-hydrogen) atoms. The van der Waals surface area contributed by atoms with E-state index >= 15 is 0 Å². The molecule has 1 aromatic carbocycles. The summed E-state index contributed by atoms with van der Waals surface area (Å²) in [7, 11) is 0. The van der Waals surface area contributed by atoms with Gasteiger partial charge in [-0.2, -0.15) is 8.78 Å². The van der Waals surface area contributed by atoms with Gasteiger partial charge in [0.1, 0.15) is 0 Å². The van der Waals surface area contributed by atoms with Crippen LogP contribution in [0.3, 0.4) is 0 Å². The van der Waals surface area contributed by atoms with Gasteiger partial charge in [0, 0.05) is 16.5 Å². The second-order valence-corrected chi connectivity index (χ2v) is 4.94. The van der Waals surface area contributed by atoms with E-state index in [0.717, 1.165) is 6.07 Å². The van der Waals surface area contributed by atoms with Gasteiger partial charge < -0.3 is 9.47 Å². The van der Waals surface area contributed by atoms with Crippen LogP contribution in [0.4, 0.5) is 17.6 Å². The topological polar surface area (TPSA) is 35.5 Å². The summed E-state index contributed by atoms with van der Waals surface area (Å²) >= 11 is 2.91. The van der Waals surface area contributed by atoms with E-state index in [1.807, 2.05) is 0 Å². The Balaban J connectivity index is 2.43. The van der Waals surface area contributed by atoms with Crippen LogP contribution in [-0.4, -0.2) is 31.3 Å². The number of alkyl halides is 4. The summed E-state index contributed by atoms with van der Waals surface area (Å²) in [4.78, 5) is 11.5. The molecule has 0 unspecified atom stereocenters. The molecule has 1 aliphatic heterocycles. The van der Waals surface area contributed by atoms with E-state index in [-0.39, 0.29) is 22.6 Å². The summed E-state index contributed by atoms with van der Waals surface area (Å²) in [5, 5.41) is 0. The Kier molecular flexibility index (Phi) is 4.22. The molecule has 0 aliphatic carbocycles. The lowest BCUT2D eigenvalue weighted by atomic mass is 10.0. The molecule has 0 saturated heterocycles. The van der Waals surface area contributed by atoms with Gasteiger partial charge in [-0.1, -0.05) is 0 Å². The lowest BCUT2D eigenvalue weighted by molar-refractivity contribution is -0.0958. The molecule has 0 fully saturated rings. The molecule has 0 bridgehead atoms. The van der Waals surface area contributed by atoms with Crippen molar-refractivity contribution in [3.8, 4) is 11.5 Å². The summed E-state index contributed by atoms with van der Waals surface area (Å²) in [6.07, 6.45) is -3.49. The first-order chi connectivity index (χ1) is 9.34. The maximum Gasteiger partial charge on any atom is 0.368 e. The van der Waals surface area contributed by atoms with Crippen molar-refractivity contribution >= 4 is 21.7 Å². The Hall–Kier alpha value is -1.31. The molecule has 0 N–H and O–H groups in total. The third-order valence-electron chi connectivity index (χ3n) is 2.66. The van der Waals surface area contributed by atoms with Crippen LogP contribution >= 0.6 is 15.9 Å². The first kappa shape index (κ1) is 15.1. The van der Waals surface area contributed by atoms with E-state index in [2.05, 4.69) is 15.9 Å². The smallest absolute Gasteiger partial charge is 0.368 e. The van der Waals surface area contributed by atoms with Crippen molar-refractivity contribution in [3.63, 3.8) is 0 Å². The SMILES string of the molecule is O=C(c1cc2c(cc1Br)OCCCO2)C(F)(F)C(F)F. The van der Waals surface area contributed by atoms with Crippen LogP contribution in [0.15, 0.2) is 16.6 Å². The average Bonchev–Trinajstić information content (AvgIpc) is 2.61. The Morgan fingerprint density at radius 2 is 1.75 bits per heavy atom. The van der Waals surface area contributed by atoms with Gasteiger partial charge in [0.2, 0.25) is 5.78 Å². The Labute approximate surface area is 120 Å². The number of hydrogen-bond donors (Lipinski definition) is 0. The van der Waals surface area contributed by atoms with E-state index < -0.39 is 23.7 Å². The number of rotatable bonds is 3. The minimum Gasteiger partial charge on any atom is -0.490 e. The highest BCUT2D eigenvalue weighted by Crippen LogP contribution is 2.38. The molecule has 0 aromatic heterocycles. The normalized spacial score (nSPS) is 15.1. The van der Waals surface area contributed by atoms with Crippen LogP contribution in [0, 0.1) is 0 Å². The molecule has 0 amide bonds. The molecule has 1 heterocycles. The number of ether oxygens (including phenoxy) is 2. The molecular weight excluding hydrogens is 348 g/mol. The lowest BCUT2D eigenvalue weighted by Crippen LogP contribution is -2.36. The summed E-state index contributed by atoms with van der Waals surface area (Å²) in [6, 6.07) is 2.25. The largest absolute Gasteiger partial charge is 0.490 e. The number of ketones is 1. The number of Topliss-reactive ketones (excluding diaryl/α,β-unsaturated/α-hetero) is 1. The van der Waals surface area contributed by atoms with E-state index in [4.69, 9.17) is 9.47 Å². The van der Waals surface area contributed by atoms with Gasteiger partial charge in [-0.15, -0.1) is 0 Å². The predicted molar refractivity (Wildman–Crippen MR) is 65.0 cm³/mol. The van der Waals surface area contributed by atoms with Gasteiger partial charge in [0.25, 0.3) is 0 Å². The standard InChI is InChI=1S/C12H9BrF4O3/c13-7-5-9-8(19-2-1-3-20-9)4-6(7)10(18)12(16,17)11(14)15/h4-5,11H,1-3H2. The second kappa shape index (κ2) is 5.59. The van der Waals surface area contributed by atoms with E-state index in [0.29, 0.717) is 13.0 Å². The minimum absolute atomic E-state index is 0.0490. The van der Waals surface area contributed by atoms with Crippen LogP contribution in [0.1, 0.15) is 16.8 Å². The number of hydrogen-bond acceptors (Lipinski definition) is 3. The second-order valence-electron chi connectivity index (χ2n) is 4.08.